The minimum atomic E-state index is -0.165. The first-order valence-corrected chi connectivity index (χ1v) is 7.59. The maximum atomic E-state index is 11.3. The molecule has 5 nitrogen and oxygen atoms in total. The van der Waals surface area contributed by atoms with Crippen molar-refractivity contribution in [3.8, 4) is 5.69 Å². The van der Waals surface area contributed by atoms with E-state index in [9.17, 15) is 4.79 Å². The zero-order valence-electron chi connectivity index (χ0n) is 13.4. The summed E-state index contributed by atoms with van der Waals surface area (Å²) < 4.78 is 6.85. The highest BCUT2D eigenvalue weighted by atomic mass is 16.5. The number of carbonyl (C=O) groups excluding carboxylic acids is 1. The SMILES string of the molecule is CCOC(=O)CCNCc1cnn(-c2ccccc2C)c1C. The van der Waals surface area contributed by atoms with E-state index in [2.05, 4.69) is 36.4 Å². The van der Waals surface area contributed by atoms with Crippen LogP contribution in [0.1, 0.15) is 30.2 Å². The highest BCUT2D eigenvalue weighted by Gasteiger charge is 2.09. The Morgan fingerprint density at radius 2 is 2.09 bits per heavy atom. The van der Waals surface area contributed by atoms with Crippen LogP contribution in [0.3, 0.4) is 0 Å². The Balaban J connectivity index is 1.94. The van der Waals surface area contributed by atoms with Gasteiger partial charge in [-0.25, -0.2) is 4.68 Å². The van der Waals surface area contributed by atoms with Gasteiger partial charge in [0.25, 0.3) is 0 Å². The Morgan fingerprint density at radius 1 is 1.32 bits per heavy atom. The van der Waals surface area contributed by atoms with Gasteiger partial charge in [-0.15, -0.1) is 0 Å². The van der Waals surface area contributed by atoms with E-state index in [1.165, 1.54) is 5.56 Å². The summed E-state index contributed by atoms with van der Waals surface area (Å²) in [7, 11) is 0. The molecule has 0 spiro atoms. The zero-order valence-corrected chi connectivity index (χ0v) is 13.4. The maximum absolute atomic E-state index is 11.3. The number of esters is 1. The van der Waals surface area contributed by atoms with E-state index < -0.39 is 0 Å². The standard InChI is InChI=1S/C17H23N3O2/c1-4-22-17(21)9-10-18-11-15-12-19-20(14(15)3)16-8-6-5-7-13(16)2/h5-8,12,18H,4,9-11H2,1-3H3. The molecule has 2 aromatic rings. The lowest BCUT2D eigenvalue weighted by atomic mass is 10.2. The number of nitrogens with one attached hydrogen (secondary N) is 1. The molecule has 1 aromatic carbocycles. The van der Waals surface area contributed by atoms with E-state index in [-0.39, 0.29) is 5.97 Å². The summed E-state index contributed by atoms with van der Waals surface area (Å²) in [5, 5.41) is 7.73. The highest BCUT2D eigenvalue weighted by molar-refractivity contribution is 5.69. The normalized spacial score (nSPS) is 10.7. The molecule has 0 atom stereocenters. The molecular formula is C17H23N3O2. The van der Waals surface area contributed by atoms with Crippen molar-refractivity contribution in [3.05, 3.63) is 47.3 Å². The Kier molecular flexibility index (Phi) is 5.72. The zero-order chi connectivity index (χ0) is 15.9. The summed E-state index contributed by atoms with van der Waals surface area (Å²) in [6.45, 7) is 7.68. The number of benzene rings is 1. The van der Waals surface area contributed by atoms with Gasteiger partial charge in [-0.2, -0.15) is 5.10 Å². The first-order chi connectivity index (χ1) is 10.6. The van der Waals surface area contributed by atoms with Crippen LogP contribution in [0.15, 0.2) is 30.5 Å². The third kappa shape index (κ3) is 3.95. The van der Waals surface area contributed by atoms with Crippen molar-refractivity contribution in [2.75, 3.05) is 13.2 Å². The fourth-order valence-electron chi connectivity index (χ4n) is 2.31. The van der Waals surface area contributed by atoms with Crippen molar-refractivity contribution in [2.24, 2.45) is 0 Å². The molecule has 5 heteroatoms. The molecule has 1 heterocycles. The van der Waals surface area contributed by atoms with E-state index >= 15 is 0 Å². The molecule has 0 fully saturated rings. The second-order valence-electron chi connectivity index (χ2n) is 5.19. The third-order valence-corrected chi connectivity index (χ3v) is 3.58. The molecule has 0 aliphatic rings. The molecule has 0 saturated carbocycles. The van der Waals surface area contributed by atoms with Crippen LogP contribution < -0.4 is 5.32 Å². The van der Waals surface area contributed by atoms with Crippen molar-refractivity contribution >= 4 is 5.97 Å². The molecule has 0 amide bonds. The van der Waals surface area contributed by atoms with Crippen molar-refractivity contribution in [1.82, 2.24) is 15.1 Å². The predicted molar refractivity (Wildman–Crippen MR) is 86.0 cm³/mol. The van der Waals surface area contributed by atoms with Gasteiger partial charge in [0.2, 0.25) is 0 Å². The molecule has 22 heavy (non-hydrogen) atoms. The number of hydrogen-bond acceptors (Lipinski definition) is 4. The van der Waals surface area contributed by atoms with Crippen LogP contribution in [-0.2, 0) is 16.1 Å². The molecule has 1 aromatic heterocycles. The van der Waals surface area contributed by atoms with Crippen molar-refractivity contribution < 1.29 is 9.53 Å². The minimum absolute atomic E-state index is 0.165. The number of aryl methyl sites for hydroxylation is 1. The molecule has 0 saturated heterocycles. The summed E-state index contributed by atoms with van der Waals surface area (Å²) in [4.78, 5) is 11.3. The van der Waals surface area contributed by atoms with Crippen LogP contribution in [0.5, 0.6) is 0 Å². The van der Waals surface area contributed by atoms with Gasteiger partial charge in [0.15, 0.2) is 0 Å². The second-order valence-corrected chi connectivity index (χ2v) is 5.19. The number of ether oxygens (including phenoxy) is 1. The highest BCUT2D eigenvalue weighted by Crippen LogP contribution is 2.17. The van der Waals surface area contributed by atoms with E-state index in [0.29, 0.717) is 26.1 Å². The second kappa shape index (κ2) is 7.75. The number of nitrogens with zero attached hydrogens (tertiary/aromatic N) is 2. The fourth-order valence-corrected chi connectivity index (χ4v) is 2.31. The van der Waals surface area contributed by atoms with Crippen molar-refractivity contribution in [3.63, 3.8) is 0 Å². The molecule has 0 aliphatic carbocycles. The minimum Gasteiger partial charge on any atom is -0.466 e. The molecule has 0 unspecified atom stereocenters. The predicted octanol–water partition coefficient (Wildman–Crippen LogP) is 2.53. The van der Waals surface area contributed by atoms with Gasteiger partial charge in [0, 0.05) is 24.3 Å². The molecule has 0 aliphatic heterocycles. The van der Waals surface area contributed by atoms with Gasteiger partial charge in [-0.05, 0) is 32.4 Å². The Labute approximate surface area is 131 Å². The van der Waals surface area contributed by atoms with Gasteiger partial charge in [-0.3, -0.25) is 4.79 Å². The Morgan fingerprint density at radius 3 is 2.82 bits per heavy atom. The van der Waals surface area contributed by atoms with E-state index in [1.807, 2.05) is 29.9 Å². The van der Waals surface area contributed by atoms with Crippen LogP contribution in [0, 0.1) is 13.8 Å². The first kappa shape index (κ1) is 16.2. The van der Waals surface area contributed by atoms with Crippen molar-refractivity contribution in [1.29, 1.82) is 0 Å². The fraction of sp³-hybridized carbons (Fsp3) is 0.412. The summed E-state index contributed by atoms with van der Waals surface area (Å²) in [6, 6.07) is 8.18. The monoisotopic (exact) mass is 301 g/mol. The van der Waals surface area contributed by atoms with Crippen LogP contribution in [0.4, 0.5) is 0 Å². The smallest absolute Gasteiger partial charge is 0.307 e. The lowest BCUT2D eigenvalue weighted by Crippen LogP contribution is -2.19. The number of para-hydroxylation sites is 1. The Hall–Kier alpha value is -2.14. The van der Waals surface area contributed by atoms with Crippen LogP contribution in [0.25, 0.3) is 5.69 Å². The van der Waals surface area contributed by atoms with E-state index in [4.69, 9.17) is 4.74 Å². The number of hydrogen-bond donors (Lipinski definition) is 1. The summed E-state index contributed by atoms with van der Waals surface area (Å²) in [6.07, 6.45) is 2.26. The molecule has 118 valence electrons. The maximum Gasteiger partial charge on any atom is 0.307 e. The molecule has 2 rings (SSSR count). The summed E-state index contributed by atoms with van der Waals surface area (Å²) >= 11 is 0. The topological polar surface area (TPSA) is 56.1 Å². The third-order valence-electron chi connectivity index (χ3n) is 3.58. The summed E-state index contributed by atoms with van der Waals surface area (Å²) in [5.41, 5.74) is 4.53. The molecule has 0 radical (unpaired) electrons. The average Bonchev–Trinajstić information content (AvgIpc) is 2.86. The molecule has 1 N–H and O–H groups in total. The van der Waals surface area contributed by atoms with Crippen LogP contribution in [0.2, 0.25) is 0 Å². The van der Waals surface area contributed by atoms with Gasteiger partial charge in [-0.1, -0.05) is 18.2 Å². The quantitative estimate of drug-likeness (QED) is 0.631. The van der Waals surface area contributed by atoms with Crippen LogP contribution >= 0.6 is 0 Å². The Bertz CT molecular complexity index is 635. The lowest BCUT2D eigenvalue weighted by molar-refractivity contribution is -0.142. The average molecular weight is 301 g/mol. The van der Waals surface area contributed by atoms with E-state index in [0.717, 1.165) is 16.9 Å². The van der Waals surface area contributed by atoms with Gasteiger partial charge in [0.05, 0.1) is 24.9 Å². The number of carbonyl (C=O) groups is 1. The lowest BCUT2D eigenvalue weighted by Gasteiger charge is -2.09. The molecule has 0 bridgehead atoms. The van der Waals surface area contributed by atoms with Crippen LogP contribution in [-0.4, -0.2) is 28.9 Å². The van der Waals surface area contributed by atoms with Gasteiger partial charge in [0.1, 0.15) is 0 Å². The van der Waals surface area contributed by atoms with E-state index in [1.54, 1.807) is 0 Å². The number of aromatic nitrogens is 2. The molecular weight excluding hydrogens is 278 g/mol. The van der Waals surface area contributed by atoms with Crippen molar-refractivity contribution in [2.45, 2.75) is 33.7 Å². The van der Waals surface area contributed by atoms with Gasteiger partial charge < -0.3 is 10.1 Å². The summed E-state index contributed by atoms with van der Waals surface area (Å²) in [5.74, 6) is -0.165. The first-order valence-electron chi connectivity index (χ1n) is 7.59. The largest absolute Gasteiger partial charge is 0.466 e. The van der Waals surface area contributed by atoms with Gasteiger partial charge >= 0.3 is 5.97 Å². The number of rotatable bonds is 7.